The molecule has 1 aromatic rings. The maximum Gasteiger partial charge on any atom is 0.490 e. The number of rotatable bonds is 10. The van der Waals surface area contributed by atoms with E-state index in [1.807, 2.05) is 0 Å². The molecular formula is C19H27F3N4O6. The molecule has 0 aromatic heterocycles. The Labute approximate surface area is 182 Å². The van der Waals surface area contributed by atoms with Gasteiger partial charge in [-0.05, 0) is 43.5 Å². The Morgan fingerprint density at radius 2 is 1.56 bits per heavy atom. The second kappa shape index (κ2) is 13.9. The first-order valence-corrected chi connectivity index (χ1v) is 9.42. The van der Waals surface area contributed by atoms with Gasteiger partial charge < -0.3 is 32.3 Å². The van der Waals surface area contributed by atoms with Gasteiger partial charge in [0.2, 0.25) is 17.7 Å². The molecule has 13 heteroatoms. The van der Waals surface area contributed by atoms with Crippen LogP contribution < -0.4 is 22.1 Å². The van der Waals surface area contributed by atoms with Gasteiger partial charge in [-0.25, -0.2) is 4.79 Å². The van der Waals surface area contributed by atoms with E-state index >= 15 is 0 Å². The zero-order chi connectivity index (χ0) is 24.9. The van der Waals surface area contributed by atoms with Crippen LogP contribution in [-0.2, 0) is 25.6 Å². The monoisotopic (exact) mass is 464 g/mol. The topological polar surface area (TPSA) is 185 Å². The molecule has 8 N–H and O–H groups in total. The summed E-state index contributed by atoms with van der Waals surface area (Å²) in [6.07, 6.45) is -3.08. The van der Waals surface area contributed by atoms with Crippen molar-refractivity contribution < 1.29 is 42.6 Å². The lowest BCUT2D eigenvalue weighted by molar-refractivity contribution is -0.192. The fourth-order valence-electron chi connectivity index (χ4n) is 2.37. The van der Waals surface area contributed by atoms with Crippen molar-refractivity contribution in [2.75, 3.05) is 6.54 Å². The van der Waals surface area contributed by atoms with Crippen molar-refractivity contribution in [3.8, 4) is 5.75 Å². The summed E-state index contributed by atoms with van der Waals surface area (Å²) >= 11 is 0. The highest BCUT2D eigenvalue weighted by Gasteiger charge is 2.38. The van der Waals surface area contributed by atoms with Crippen molar-refractivity contribution in [1.82, 2.24) is 10.6 Å². The minimum absolute atomic E-state index is 0.109. The lowest BCUT2D eigenvalue weighted by Crippen LogP contribution is -2.53. The molecule has 0 radical (unpaired) electrons. The molecule has 10 nitrogen and oxygen atoms in total. The number of nitrogens with two attached hydrogens (primary N) is 2. The van der Waals surface area contributed by atoms with Crippen molar-refractivity contribution in [2.24, 2.45) is 11.5 Å². The second-order valence-electron chi connectivity index (χ2n) is 6.67. The molecule has 0 saturated carbocycles. The number of hydrogen-bond donors (Lipinski definition) is 6. The van der Waals surface area contributed by atoms with E-state index in [0.29, 0.717) is 19.4 Å². The van der Waals surface area contributed by atoms with Crippen LogP contribution in [0.15, 0.2) is 24.3 Å². The van der Waals surface area contributed by atoms with Crippen LogP contribution in [0.5, 0.6) is 5.75 Å². The Hall–Kier alpha value is -3.35. The molecule has 180 valence electrons. The summed E-state index contributed by atoms with van der Waals surface area (Å²) in [5.41, 5.74) is 11.5. The number of carbonyl (C=O) groups excluding carboxylic acids is 3. The molecule has 0 aliphatic carbocycles. The van der Waals surface area contributed by atoms with Crippen LogP contribution in [0.25, 0.3) is 0 Å². The highest BCUT2D eigenvalue weighted by molar-refractivity contribution is 5.91. The SMILES string of the molecule is CC(=O)N[C@@H](Cc1ccc(O)cc1)C(=O)N[C@@H](CCCCN)C(N)=O.O=C(O)C(F)(F)F. The third kappa shape index (κ3) is 12.4. The Morgan fingerprint density at radius 1 is 1.03 bits per heavy atom. The molecule has 0 aliphatic rings. The van der Waals surface area contributed by atoms with E-state index in [-0.39, 0.29) is 18.1 Å². The lowest BCUT2D eigenvalue weighted by Gasteiger charge is -2.21. The van der Waals surface area contributed by atoms with Crippen LogP contribution in [0.4, 0.5) is 13.2 Å². The number of carbonyl (C=O) groups is 4. The molecule has 0 bridgehead atoms. The molecule has 0 spiro atoms. The number of unbranched alkanes of at least 4 members (excludes halogenated alkanes) is 1. The third-order valence-corrected chi connectivity index (χ3v) is 3.92. The molecule has 32 heavy (non-hydrogen) atoms. The van der Waals surface area contributed by atoms with Crippen LogP contribution in [0.3, 0.4) is 0 Å². The van der Waals surface area contributed by atoms with Gasteiger partial charge >= 0.3 is 12.1 Å². The average molecular weight is 464 g/mol. The first-order valence-electron chi connectivity index (χ1n) is 9.42. The number of carboxylic acid groups (broad SMARTS) is 1. The minimum Gasteiger partial charge on any atom is -0.508 e. The van der Waals surface area contributed by atoms with Gasteiger partial charge in [-0.15, -0.1) is 0 Å². The van der Waals surface area contributed by atoms with Gasteiger partial charge in [-0.3, -0.25) is 14.4 Å². The van der Waals surface area contributed by atoms with Gasteiger partial charge in [0.25, 0.3) is 0 Å². The number of alkyl halides is 3. The van der Waals surface area contributed by atoms with Crippen molar-refractivity contribution in [2.45, 2.75) is 50.9 Å². The standard InChI is InChI=1S/C17H26N4O4.C2HF3O2/c1-11(22)20-15(10-12-5-7-13(23)8-6-12)17(25)21-14(16(19)24)4-2-3-9-18;3-2(4,5)1(6)7/h5-8,14-15,23H,2-4,9-10,18H2,1H3,(H2,19,24)(H,20,22)(H,21,25);(H,6,7)/t14-,15-;/m0./s1. The number of halogens is 3. The molecule has 0 aliphatic heterocycles. The largest absolute Gasteiger partial charge is 0.508 e. The van der Waals surface area contributed by atoms with Gasteiger partial charge in [-0.1, -0.05) is 12.1 Å². The van der Waals surface area contributed by atoms with Crippen LogP contribution in [0.1, 0.15) is 31.7 Å². The number of hydrogen-bond acceptors (Lipinski definition) is 6. The summed E-state index contributed by atoms with van der Waals surface area (Å²) in [7, 11) is 0. The van der Waals surface area contributed by atoms with Gasteiger partial charge in [0.15, 0.2) is 0 Å². The smallest absolute Gasteiger partial charge is 0.490 e. The number of nitrogens with one attached hydrogen (secondary N) is 2. The molecule has 3 amide bonds. The molecule has 0 fully saturated rings. The minimum atomic E-state index is -5.08. The zero-order valence-electron chi connectivity index (χ0n) is 17.3. The van der Waals surface area contributed by atoms with E-state index in [1.165, 1.54) is 19.1 Å². The van der Waals surface area contributed by atoms with Crippen LogP contribution >= 0.6 is 0 Å². The first-order chi connectivity index (χ1) is 14.8. The number of amides is 3. The molecule has 1 rings (SSSR count). The predicted octanol–water partition coefficient (Wildman–Crippen LogP) is 0.172. The Bertz CT molecular complexity index is 771. The van der Waals surface area contributed by atoms with E-state index < -0.39 is 36.0 Å². The summed E-state index contributed by atoms with van der Waals surface area (Å²) in [6, 6.07) is 4.65. The number of phenols is 1. The van der Waals surface area contributed by atoms with Crippen molar-refractivity contribution in [1.29, 1.82) is 0 Å². The van der Waals surface area contributed by atoms with Gasteiger partial charge in [-0.2, -0.15) is 13.2 Å². The molecule has 0 saturated heterocycles. The quantitative estimate of drug-likeness (QED) is 0.266. The second-order valence-corrected chi connectivity index (χ2v) is 6.67. The lowest BCUT2D eigenvalue weighted by atomic mass is 10.0. The van der Waals surface area contributed by atoms with E-state index in [4.69, 9.17) is 21.4 Å². The van der Waals surface area contributed by atoms with E-state index in [2.05, 4.69) is 10.6 Å². The van der Waals surface area contributed by atoms with Crippen molar-refractivity contribution in [3.63, 3.8) is 0 Å². The van der Waals surface area contributed by atoms with Gasteiger partial charge in [0.1, 0.15) is 17.8 Å². The van der Waals surface area contributed by atoms with Crippen LogP contribution in [0.2, 0.25) is 0 Å². The summed E-state index contributed by atoms with van der Waals surface area (Å²) in [4.78, 5) is 44.3. The van der Waals surface area contributed by atoms with Gasteiger partial charge in [0, 0.05) is 13.3 Å². The summed E-state index contributed by atoms with van der Waals surface area (Å²) < 4.78 is 31.7. The molecular weight excluding hydrogens is 437 g/mol. The highest BCUT2D eigenvalue weighted by Crippen LogP contribution is 2.13. The fourth-order valence-corrected chi connectivity index (χ4v) is 2.37. The highest BCUT2D eigenvalue weighted by atomic mass is 19.4. The molecule has 1 aromatic carbocycles. The Kier molecular flexibility index (Phi) is 12.4. The summed E-state index contributed by atoms with van der Waals surface area (Å²) in [6.45, 7) is 1.80. The van der Waals surface area contributed by atoms with Crippen LogP contribution in [0, 0.1) is 0 Å². The summed E-state index contributed by atoms with van der Waals surface area (Å²) in [5.74, 6) is -4.13. The number of phenolic OH excluding ortho intramolecular Hbond substituents is 1. The molecule has 0 unspecified atom stereocenters. The van der Waals surface area contributed by atoms with E-state index in [9.17, 15) is 32.7 Å². The number of carboxylic acids is 1. The normalized spacial score (nSPS) is 12.5. The van der Waals surface area contributed by atoms with E-state index in [1.54, 1.807) is 12.1 Å². The summed E-state index contributed by atoms with van der Waals surface area (Å²) in [5, 5.41) is 21.6. The van der Waals surface area contributed by atoms with Crippen molar-refractivity contribution in [3.05, 3.63) is 29.8 Å². The van der Waals surface area contributed by atoms with Crippen LogP contribution in [-0.4, -0.2) is 58.7 Å². The van der Waals surface area contributed by atoms with Crippen molar-refractivity contribution >= 4 is 23.7 Å². The number of aliphatic carboxylic acids is 1. The Morgan fingerprint density at radius 3 is 1.97 bits per heavy atom. The first kappa shape index (κ1) is 28.6. The average Bonchev–Trinajstić information content (AvgIpc) is 2.67. The number of aromatic hydroxyl groups is 1. The maximum absolute atomic E-state index is 12.5. The molecule has 0 heterocycles. The number of benzene rings is 1. The van der Waals surface area contributed by atoms with Gasteiger partial charge in [0.05, 0.1) is 0 Å². The molecule has 2 atom stereocenters. The maximum atomic E-state index is 12.5. The fraction of sp³-hybridized carbons (Fsp3) is 0.474. The predicted molar refractivity (Wildman–Crippen MR) is 107 cm³/mol. The number of primary amides is 1. The Balaban J connectivity index is 0.00000118. The zero-order valence-corrected chi connectivity index (χ0v) is 17.3. The van der Waals surface area contributed by atoms with E-state index in [0.717, 1.165) is 12.0 Å². The third-order valence-electron chi connectivity index (χ3n) is 3.92.